The van der Waals surface area contributed by atoms with Gasteiger partial charge in [0.2, 0.25) is 0 Å². The number of carbonyl (C=O) groups is 1. The lowest BCUT2D eigenvalue weighted by Crippen LogP contribution is -2.23. The summed E-state index contributed by atoms with van der Waals surface area (Å²) in [5, 5.41) is 8.90. The molecule has 0 radical (unpaired) electrons. The van der Waals surface area contributed by atoms with Gasteiger partial charge in [-0.05, 0) is 42.5 Å². The summed E-state index contributed by atoms with van der Waals surface area (Å²) in [5.74, 6) is -0.736. The first kappa shape index (κ1) is 14.8. The van der Waals surface area contributed by atoms with Crippen LogP contribution in [0.4, 0.5) is 10.1 Å². The van der Waals surface area contributed by atoms with Gasteiger partial charge >= 0.3 is 5.97 Å². The van der Waals surface area contributed by atoms with Crippen molar-refractivity contribution in [1.29, 1.82) is 0 Å². The van der Waals surface area contributed by atoms with E-state index in [1.54, 1.807) is 24.3 Å². The minimum atomic E-state index is -0.983. The molecule has 0 fully saturated rings. The average molecular weight is 289 g/mol. The Morgan fingerprint density at radius 2 is 1.95 bits per heavy atom. The van der Waals surface area contributed by atoms with E-state index in [1.807, 2.05) is 11.9 Å². The number of likely N-dealkylation sites (N-methyl/N-ethyl adjacent to an activating group) is 1. The molecule has 0 aromatic heterocycles. The fourth-order valence-electron chi connectivity index (χ4n) is 1.84. The lowest BCUT2D eigenvalue weighted by atomic mass is 10.2. The molecule has 0 saturated carbocycles. The average Bonchev–Trinajstić information content (AvgIpc) is 2.48. The summed E-state index contributed by atoms with van der Waals surface area (Å²) in [7, 11) is 1.88. The number of nitrogens with zero attached hydrogens (tertiary/aromatic N) is 1. The van der Waals surface area contributed by atoms with Crippen molar-refractivity contribution < 1.29 is 19.0 Å². The van der Waals surface area contributed by atoms with Crippen molar-refractivity contribution in [3.8, 4) is 5.75 Å². The Hall–Kier alpha value is -2.56. The Morgan fingerprint density at radius 1 is 1.24 bits per heavy atom. The monoisotopic (exact) mass is 289 g/mol. The van der Waals surface area contributed by atoms with Crippen molar-refractivity contribution in [3.63, 3.8) is 0 Å². The predicted molar refractivity (Wildman–Crippen MR) is 78.6 cm³/mol. The molecular weight excluding hydrogens is 273 g/mol. The van der Waals surface area contributed by atoms with Gasteiger partial charge in [-0.15, -0.1) is 0 Å². The van der Waals surface area contributed by atoms with Gasteiger partial charge in [0.05, 0.1) is 12.1 Å². The normalized spacial score (nSPS) is 10.2. The number of hydrogen-bond acceptors (Lipinski definition) is 3. The molecule has 0 saturated heterocycles. The quantitative estimate of drug-likeness (QED) is 0.888. The van der Waals surface area contributed by atoms with Crippen molar-refractivity contribution >= 4 is 11.7 Å². The maximum absolute atomic E-state index is 12.8. The van der Waals surface area contributed by atoms with Gasteiger partial charge < -0.3 is 14.7 Å². The van der Waals surface area contributed by atoms with Gasteiger partial charge in [0.25, 0.3) is 0 Å². The van der Waals surface area contributed by atoms with E-state index in [4.69, 9.17) is 9.84 Å². The van der Waals surface area contributed by atoms with Gasteiger partial charge in [-0.2, -0.15) is 0 Å². The zero-order chi connectivity index (χ0) is 15.2. The van der Waals surface area contributed by atoms with E-state index in [2.05, 4.69) is 0 Å². The second-order valence-electron chi connectivity index (χ2n) is 4.58. The zero-order valence-corrected chi connectivity index (χ0v) is 11.6. The highest BCUT2D eigenvalue weighted by Crippen LogP contribution is 2.15. The maximum atomic E-state index is 12.8. The zero-order valence-electron chi connectivity index (χ0n) is 11.6. The molecule has 2 rings (SSSR count). The van der Waals surface area contributed by atoms with Crippen LogP contribution in [0.1, 0.15) is 10.4 Å². The van der Waals surface area contributed by atoms with Gasteiger partial charge in [0, 0.05) is 12.7 Å². The summed E-state index contributed by atoms with van der Waals surface area (Å²) in [6.07, 6.45) is 0. The molecule has 5 heteroatoms. The molecule has 0 bridgehead atoms. The fourth-order valence-corrected chi connectivity index (χ4v) is 1.84. The Morgan fingerprint density at radius 3 is 2.62 bits per heavy atom. The second-order valence-corrected chi connectivity index (χ2v) is 4.58. The van der Waals surface area contributed by atoms with E-state index in [0.717, 1.165) is 5.69 Å². The molecule has 0 aliphatic carbocycles. The highest BCUT2D eigenvalue weighted by molar-refractivity contribution is 5.87. The molecule has 21 heavy (non-hydrogen) atoms. The third kappa shape index (κ3) is 4.21. The Bertz CT molecular complexity index is 613. The maximum Gasteiger partial charge on any atom is 0.335 e. The van der Waals surface area contributed by atoms with Crippen LogP contribution in [0, 0.1) is 5.82 Å². The molecule has 0 heterocycles. The van der Waals surface area contributed by atoms with Gasteiger partial charge in [-0.25, -0.2) is 9.18 Å². The standard InChI is InChI=1S/C16H16FNO3/c1-18(14-7-5-13(17)6-8-14)9-10-21-15-4-2-3-12(11-15)16(19)20/h2-8,11H,9-10H2,1H3,(H,19,20). The van der Waals surface area contributed by atoms with Crippen molar-refractivity contribution in [3.05, 3.63) is 59.9 Å². The third-order valence-corrected chi connectivity index (χ3v) is 3.04. The molecule has 0 atom stereocenters. The number of carboxylic acid groups (broad SMARTS) is 1. The van der Waals surface area contributed by atoms with Crippen LogP contribution in [0.3, 0.4) is 0 Å². The van der Waals surface area contributed by atoms with Crippen LogP contribution < -0.4 is 9.64 Å². The second kappa shape index (κ2) is 6.74. The Labute approximate surface area is 122 Å². The topological polar surface area (TPSA) is 49.8 Å². The molecule has 0 aliphatic heterocycles. The molecule has 0 aliphatic rings. The molecule has 2 aromatic rings. The first-order valence-electron chi connectivity index (χ1n) is 6.49. The molecule has 1 N–H and O–H groups in total. The third-order valence-electron chi connectivity index (χ3n) is 3.04. The fraction of sp³-hybridized carbons (Fsp3) is 0.188. The molecular formula is C16H16FNO3. The Kier molecular flexibility index (Phi) is 4.77. The molecule has 0 amide bonds. The summed E-state index contributed by atoms with van der Waals surface area (Å²) in [4.78, 5) is 12.8. The first-order valence-corrected chi connectivity index (χ1v) is 6.49. The lowest BCUT2D eigenvalue weighted by Gasteiger charge is -2.19. The molecule has 0 unspecified atom stereocenters. The summed E-state index contributed by atoms with van der Waals surface area (Å²) in [6.45, 7) is 1.000. The van der Waals surface area contributed by atoms with E-state index >= 15 is 0 Å². The van der Waals surface area contributed by atoms with Crippen LogP contribution in [0.2, 0.25) is 0 Å². The highest BCUT2D eigenvalue weighted by Gasteiger charge is 2.05. The van der Waals surface area contributed by atoms with E-state index < -0.39 is 5.97 Å². The minimum absolute atomic E-state index is 0.194. The number of carboxylic acids is 1. The lowest BCUT2D eigenvalue weighted by molar-refractivity contribution is 0.0696. The number of aromatic carboxylic acids is 1. The summed E-state index contributed by atoms with van der Waals surface area (Å²) >= 11 is 0. The van der Waals surface area contributed by atoms with E-state index in [1.165, 1.54) is 24.3 Å². The predicted octanol–water partition coefficient (Wildman–Crippen LogP) is 3.04. The van der Waals surface area contributed by atoms with Crippen LogP contribution in [0.15, 0.2) is 48.5 Å². The van der Waals surface area contributed by atoms with Crippen molar-refractivity contribution in [2.24, 2.45) is 0 Å². The van der Waals surface area contributed by atoms with Crippen LogP contribution in [-0.2, 0) is 0 Å². The summed E-state index contributed by atoms with van der Waals surface area (Å²) in [5.41, 5.74) is 1.08. The Balaban J connectivity index is 1.87. The number of hydrogen-bond donors (Lipinski definition) is 1. The van der Waals surface area contributed by atoms with Crippen LogP contribution in [0.25, 0.3) is 0 Å². The van der Waals surface area contributed by atoms with Gasteiger partial charge in [0.15, 0.2) is 0 Å². The molecule has 2 aromatic carbocycles. The van der Waals surface area contributed by atoms with Crippen molar-refractivity contribution in [2.45, 2.75) is 0 Å². The summed E-state index contributed by atoms with van der Waals surface area (Å²) in [6, 6.07) is 12.6. The van der Waals surface area contributed by atoms with Crippen molar-refractivity contribution in [1.82, 2.24) is 0 Å². The van der Waals surface area contributed by atoms with E-state index in [-0.39, 0.29) is 11.4 Å². The number of benzene rings is 2. The molecule has 0 spiro atoms. The minimum Gasteiger partial charge on any atom is -0.492 e. The van der Waals surface area contributed by atoms with E-state index in [9.17, 15) is 9.18 Å². The van der Waals surface area contributed by atoms with Gasteiger partial charge in [-0.1, -0.05) is 6.07 Å². The van der Waals surface area contributed by atoms with E-state index in [0.29, 0.717) is 18.9 Å². The summed E-state index contributed by atoms with van der Waals surface area (Å²) < 4.78 is 18.4. The molecule has 4 nitrogen and oxygen atoms in total. The van der Waals surface area contributed by atoms with Crippen LogP contribution in [-0.4, -0.2) is 31.3 Å². The smallest absolute Gasteiger partial charge is 0.335 e. The highest BCUT2D eigenvalue weighted by atomic mass is 19.1. The first-order chi connectivity index (χ1) is 10.1. The number of ether oxygens (including phenoxy) is 1. The molecule has 110 valence electrons. The van der Waals surface area contributed by atoms with Gasteiger partial charge in [-0.3, -0.25) is 0 Å². The van der Waals surface area contributed by atoms with Crippen LogP contribution in [0.5, 0.6) is 5.75 Å². The SMILES string of the molecule is CN(CCOc1cccc(C(=O)O)c1)c1ccc(F)cc1. The number of anilines is 1. The largest absolute Gasteiger partial charge is 0.492 e. The van der Waals surface area contributed by atoms with Crippen molar-refractivity contribution in [2.75, 3.05) is 25.1 Å². The van der Waals surface area contributed by atoms with Gasteiger partial charge in [0.1, 0.15) is 18.2 Å². The number of halogens is 1. The number of rotatable bonds is 6. The van der Waals surface area contributed by atoms with Crippen LogP contribution >= 0.6 is 0 Å².